The average molecular weight is 260 g/mol. The molecule has 5 heteroatoms. The van der Waals surface area contributed by atoms with Crippen LogP contribution in [0.2, 0.25) is 0 Å². The van der Waals surface area contributed by atoms with Crippen LogP contribution < -0.4 is 11.1 Å². The SMILES string of the molecule is Nc1ccc2nc(NCC3(O)CCCCC3)[nH]c2c1. The molecule has 1 aliphatic rings. The second-order valence-corrected chi connectivity index (χ2v) is 5.50. The molecule has 1 aromatic heterocycles. The first-order chi connectivity index (χ1) is 9.15. The van der Waals surface area contributed by atoms with E-state index in [4.69, 9.17) is 5.73 Å². The number of nitrogens with zero attached hydrogens (tertiary/aromatic N) is 1. The van der Waals surface area contributed by atoms with Crippen LogP contribution in [0.25, 0.3) is 11.0 Å². The molecule has 0 radical (unpaired) electrons. The maximum atomic E-state index is 10.4. The van der Waals surface area contributed by atoms with Crippen molar-refractivity contribution in [3.8, 4) is 0 Å². The van der Waals surface area contributed by atoms with Crippen molar-refractivity contribution in [3.05, 3.63) is 18.2 Å². The highest BCUT2D eigenvalue weighted by molar-refractivity contribution is 5.80. The second-order valence-electron chi connectivity index (χ2n) is 5.50. The smallest absolute Gasteiger partial charge is 0.201 e. The molecule has 19 heavy (non-hydrogen) atoms. The summed E-state index contributed by atoms with van der Waals surface area (Å²) in [5, 5.41) is 13.6. The Labute approximate surface area is 112 Å². The third kappa shape index (κ3) is 2.66. The maximum Gasteiger partial charge on any atom is 0.201 e. The van der Waals surface area contributed by atoms with E-state index in [1.807, 2.05) is 18.2 Å². The Bertz CT molecular complexity index is 572. The summed E-state index contributed by atoms with van der Waals surface area (Å²) in [7, 11) is 0. The van der Waals surface area contributed by atoms with Gasteiger partial charge in [0.25, 0.3) is 0 Å². The van der Waals surface area contributed by atoms with Gasteiger partial charge in [0, 0.05) is 12.2 Å². The fourth-order valence-electron chi connectivity index (χ4n) is 2.75. The number of H-pyrrole nitrogens is 1. The van der Waals surface area contributed by atoms with Gasteiger partial charge in [-0.3, -0.25) is 0 Å². The van der Waals surface area contributed by atoms with E-state index >= 15 is 0 Å². The van der Waals surface area contributed by atoms with E-state index in [0.29, 0.717) is 18.2 Å². The Morgan fingerprint density at radius 2 is 2.11 bits per heavy atom. The van der Waals surface area contributed by atoms with E-state index < -0.39 is 5.60 Å². The zero-order chi connectivity index (χ0) is 13.3. The van der Waals surface area contributed by atoms with Crippen molar-refractivity contribution >= 4 is 22.7 Å². The average Bonchev–Trinajstić information content (AvgIpc) is 2.79. The summed E-state index contributed by atoms with van der Waals surface area (Å²) < 4.78 is 0. The predicted octanol–water partition coefficient (Wildman–Crippen LogP) is 2.25. The molecular weight excluding hydrogens is 240 g/mol. The van der Waals surface area contributed by atoms with Gasteiger partial charge in [-0.25, -0.2) is 4.98 Å². The van der Waals surface area contributed by atoms with Crippen molar-refractivity contribution in [2.45, 2.75) is 37.7 Å². The molecule has 5 nitrogen and oxygen atoms in total. The lowest BCUT2D eigenvalue weighted by Gasteiger charge is -2.31. The Morgan fingerprint density at radius 1 is 1.32 bits per heavy atom. The van der Waals surface area contributed by atoms with Crippen molar-refractivity contribution in [3.63, 3.8) is 0 Å². The van der Waals surface area contributed by atoms with Crippen LogP contribution in [0, 0.1) is 0 Å². The number of hydrogen-bond donors (Lipinski definition) is 4. The minimum Gasteiger partial charge on any atom is -0.399 e. The van der Waals surface area contributed by atoms with Gasteiger partial charge in [-0.15, -0.1) is 0 Å². The van der Waals surface area contributed by atoms with Crippen LogP contribution in [0.4, 0.5) is 11.6 Å². The van der Waals surface area contributed by atoms with Crippen molar-refractivity contribution < 1.29 is 5.11 Å². The van der Waals surface area contributed by atoms with E-state index in [-0.39, 0.29) is 0 Å². The Balaban J connectivity index is 1.71. The number of rotatable bonds is 3. The molecule has 0 saturated heterocycles. The quantitative estimate of drug-likeness (QED) is 0.637. The summed E-state index contributed by atoms with van der Waals surface area (Å²) in [6, 6.07) is 5.59. The number of nitrogen functional groups attached to an aromatic ring is 1. The highest BCUT2D eigenvalue weighted by atomic mass is 16.3. The number of benzene rings is 1. The summed E-state index contributed by atoms with van der Waals surface area (Å²) in [5.41, 5.74) is 7.66. The Morgan fingerprint density at radius 3 is 2.89 bits per heavy atom. The Hall–Kier alpha value is -1.75. The van der Waals surface area contributed by atoms with Crippen molar-refractivity contribution in [2.75, 3.05) is 17.6 Å². The molecule has 1 aliphatic carbocycles. The van der Waals surface area contributed by atoms with Gasteiger partial charge in [0.1, 0.15) is 0 Å². The summed E-state index contributed by atoms with van der Waals surface area (Å²) in [6.07, 6.45) is 5.18. The molecule has 1 fully saturated rings. The largest absolute Gasteiger partial charge is 0.399 e. The van der Waals surface area contributed by atoms with E-state index in [9.17, 15) is 5.11 Å². The number of aliphatic hydroxyl groups is 1. The maximum absolute atomic E-state index is 10.4. The van der Waals surface area contributed by atoms with E-state index in [0.717, 1.165) is 36.7 Å². The molecule has 1 saturated carbocycles. The fourth-order valence-corrected chi connectivity index (χ4v) is 2.75. The van der Waals surface area contributed by atoms with Gasteiger partial charge < -0.3 is 21.1 Å². The highest BCUT2D eigenvalue weighted by Gasteiger charge is 2.28. The van der Waals surface area contributed by atoms with Crippen LogP contribution in [-0.2, 0) is 0 Å². The first-order valence-corrected chi connectivity index (χ1v) is 6.86. The highest BCUT2D eigenvalue weighted by Crippen LogP contribution is 2.28. The zero-order valence-corrected chi connectivity index (χ0v) is 10.9. The number of aromatic amines is 1. The number of hydrogen-bond acceptors (Lipinski definition) is 4. The monoisotopic (exact) mass is 260 g/mol. The molecular formula is C14H20N4O. The van der Waals surface area contributed by atoms with Crippen molar-refractivity contribution in [2.24, 2.45) is 0 Å². The minimum absolute atomic E-state index is 0.544. The number of fused-ring (bicyclic) bond motifs is 1. The Kier molecular flexibility index (Phi) is 3.06. The predicted molar refractivity (Wildman–Crippen MR) is 77.0 cm³/mol. The van der Waals surface area contributed by atoms with Crippen LogP contribution in [0.5, 0.6) is 0 Å². The molecule has 5 N–H and O–H groups in total. The number of anilines is 2. The van der Waals surface area contributed by atoms with E-state index in [1.54, 1.807) is 0 Å². The molecule has 1 heterocycles. The molecule has 102 valence electrons. The summed E-state index contributed by atoms with van der Waals surface area (Å²) in [6.45, 7) is 0.544. The lowest BCUT2D eigenvalue weighted by molar-refractivity contribution is 0.0166. The van der Waals surface area contributed by atoms with Crippen LogP contribution in [0.15, 0.2) is 18.2 Å². The number of aromatic nitrogens is 2. The zero-order valence-electron chi connectivity index (χ0n) is 10.9. The molecule has 0 aliphatic heterocycles. The minimum atomic E-state index is -0.587. The van der Waals surface area contributed by atoms with Crippen LogP contribution in [0.1, 0.15) is 32.1 Å². The molecule has 0 unspecified atom stereocenters. The third-order valence-corrected chi connectivity index (χ3v) is 3.88. The van der Waals surface area contributed by atoms with Gasteiger partial charge in [-0.05, 0) is 31.0 Å². The first kappa shape index (κ1) is 12.3. The fraction of sp³-hybridized carbons (Fsp3) is 0.500. The van der Waals surface area contributed by atoms with Crippen LogP contribution in [-0.4, -0.2) is 27.2 Å². The van der Waals surface area contributed by atoms with Crippen LogP contribution >= 0.6 is 0 Å². The third-order valence-electron chi connectivity index (χ3n) is 3.88. The molecule has 0 atom stereocenters. The second kappa shape index (κ2) is 4.74. The standard InChI is InChI=1S/C14H20N4O/c15-10-4-5-11-12(8-10)18-13(17-11)16-9-14(19)6-2-1-3-7-14/h4-5,8,19H,1-3,6-7,9,15H2,(H2,16,17,18). The van der Waals surface area contributed by atoms with Gasteiger partial charge in [0.15, 0.2) is 0 Å². The van der Waals surface area contributed by atoms with Gasteiger partial charge in [0.05, 0.1) is 16.6 Å². The summed E-state index contributed by atoms with van der Waals surface area (Å²) in [5.74, 6) is 0.694. The molecule has 0 amide bonds. The number of nitrogens with one attached hydrogen (secondary N) is 2. The number of imidazole rings is 1. The van der Waals surface area contributed by atoms with Gasteiger partial charge in [-0.1, -0.05) is 19.3 Å². The lowest BCUT2D eigenvalue weighted by Crippen LogP contribution is -2.38. The molecule has 2 aromatic rings. The van der Waals surface area contributed by atoms with Gasteiger partial charge in [0.2, 0.25) is 5.95 Å². The van der Waals surface area contributed by atoms with Crippen LogP contribution in [0.3, 0.4) is 0 Å². The van der Waals surface area contributed by atoms with E-state index in [1.165, 1.54) is 6.42 Å². The summed E-state index contributed by atoms with van der Waals surface area (Å²) >= 11 is 0. The molecule has 1 aromatic carbocycles. The van der Waals surface area contributed by atoms with E-state index in [2.05, 4.69) is 15.3 Å². The van der Waals surface area contributed by atoms with Gasteiger partial charge >= 0.3 is 0 Å². The molecule has 3 rings (SSSR count). The normalized spacial score (nSPS) is 18.6. The van der Waals surface area contributed by atoms with Crippen molar-refractivity contribution in [1.82, 2.24) is 9.97 Å². The molecule has 0 spiro atoms. The molecule has 0 bridgehead atoms. The topological polar surface area (TPSA) is 87.0 Å². The first-order valence-electron chi connectivity index (χ1n) is 6.86. The van der Waals surface area contributed by atoms with Gasteiger partial charge in [-0.2, -0.15) is 0 Å². The number of nitrogens with two attached hydrogens (primary N) is 1. The lowest BCUT2D eigenvalue weighted by atomic mass is 9.85. The van der Waals surface area contributed by atoms with Crippen molar-refractivity contribution in [1.29, 1.82) is 0 Å². The summed E-state index contributed by atoms with van der Waals surface area (Å²) in [4.78, 5) is 7.62.